The number of nitrogens with zero attached hydrogens (tertiary/aromatic N) is 3. The number of carboxylic acid groups (broad SMARTS) is 1. The number of alkyl halides is 3. The monoisotopic (exact) mass is 331 g/mol. The second-order valence-corrected chi connectivity index (χ2v) is 4.58. The van der Waals surface area contributed by atoms with Crippen LogP contribution in [0.2, 0.25) is 5.02 Å². The van der Waals surface area contributed by atoms with Gasteiger partial charge in [0.05, 0.1) is 6.26 Å². The molecule has 0 aliphatic heterocycles. The molecule has 0 saturated carbocycles. The number of fused-ring (bicyclic) bond motifs is 1. The molecule has 0 amide bonds. The predicted molar refractivity (Wildman–Crippen MR) is 67.7 cm³/mol. The average molecular weight is 332 g/mol. The highest BCUT2D eigenvalue weighted by molar-refractivity contribution is 6.36. The van der Waals surface area contributed by atoms with Crippen LogP contribution in [0, 0.1) is 0 Å². The first-order chi connectivity index (χ1) is 10.3. The SMILES string of the molecule is O=C(O)c1nn2c(C(F)(F)F)cc(-c3ccco3)nc2c1Cl. The lowest BCUT2D eigenvalue weighted by Gasteiger charge is -2.09. The first kappa shape index (κ1) is 14.4. The van der Waals surface area contributed by atoms with Crippen molar-refractivity contribution in [2.75, 3.05) is 0 Å². The maximum atomic E-state index is 13.2. The smallest absolute Gasteiger partial charge is 0.433 e. The molecule has 3 rings (SSSR count). The van der Waals surface area contributed by atoms with Crippen LogP contribution in [0.25, 0.3) is 17.1 Å². The van der Waals surface area contributed by atoms with E-state index in [1.807, 2.05) is 0 Å². The highest BCUT2D eigenvalue weighted by Crippen LogP contribution is 2.34. The molecule has 0 bridgehead atoms. The maximum Gasteiger partial charge on any atom is 0.433 e. The molecule has 0 spiro atoms. The van der Waals surface area contributed by atoms with Crippen molar-refractivity contribution < 1.29 is 27.5 Å². The van der Waals surface area contributed by atoms with E-state index in [9.17, 15) is 18.0 Å². The summed E-state index contributed by atoms with van der Waals surface area (Å²) in [5.74, 6) is -1.47. The number of hydrogen-bond acceptors (Lipinski definition) is 4. The van der Waals surface area contributed by atoms with Crippen LogP contribution in [0.4, 0.5) is 13.2 Å². The number of carboxylic acids is 1. The van der Waals surface area contributed by atoms with Gasteiger partial charge in [0, 0.05) is 0 Å². The lowest BCUT2D eigenvalue weighted by atomic mass is 10.2. The maximum absolute atomic E-state index is 13.2. The van der Waals surface area contributed by atoms with Gasteiger partial charge < -0.3 is 9.52 Å². The minimum absolute atomic E-state index is 0.0853. The van der Waals surface area contributed by atoms with E-state index in [0.29, 0.717) is 10.6 Å². The van der Waals surface area contributed by atoms with Crippen molar-refractivity contribution in [1.29, 1.82) is 0 Å². The summed E-state index contributed by atoms with van der Waals surface area (Å²) in [6, 6.07) is 3.61. The first-order valence-corrected chi connectivity index (χ1v) is 6.10. The largest absolute Gasteiger partial charge is 0.476 e. The van der Waals surface area contributed by atoms with Gasteiger partial charge in [0.15, 0.2) is 22.8 Å². The van der Waals surface area contributed by atoms with Crippen LogP contribution >= 0.6 is 11.6 Å². The Kier molecular flexibility index (Phi) is 3.10. The summed E-state index contributed by atoms with van der Waals surface area (Å²) in [5, 5.41) is 11.8. The Labute approximate surface area is 124 Å². The van der Waals surface area contributed by atoms with Gasteiger partial charge >= 0.3 is 12.1 Å². The van der Waals surface area contributed by atoms with Crippen LogP contribution in [0.5, 0.6) is 0 Å². The summed E-state index contributed by atoms with van der Waals surface area (Å²) in [6.45, 7) is 0. The molecule has 1 N–H and O–H groups in total. The number of rotatable bonds is 2. The minimum atomic E-state index is -4.78. The molecule has 10 heteroatoms. The zero-order valence-corrected chi connectivity index (χ0v) is 11.2. The number of carbonyl (C=O) groups is 1. The normalized spacial score (nSPS) is 12.0. The summed E-state index contributed by atoms with van der Waals surface area (Å²) >= 11 is 5.78. The van der Waals surface area contributed by atoms with Crippen molar-refractivity contribution in [3.63, 3.8) is 0 Å². The molecule has 0 aromatic carbocycles. The molecule has 3 aromatic rings. The molecular formula is C12H5ClF3N3O3. The van der Waals surface area contributed by atoms with Gasteiger partial charge in [0.2, 0.25) is 0 Å². The molecule has 0 radical (unpaired) electrons. The Bertz CT molecular complexity index is 871. The molecule has 0 aliphatic rings. The molecule has 0 fully saturated rings. The summed E-state index contributed by atoms with van der Waals surface area (Å²) in [6.07, 6.45) is -3.51. The zero-order valence-electron chi connectivity index (χ0n) is 10.4. The Morgan fingerprint density at radius 1 is 1.41 bits per heavy atom. The quantitative estimate of drug-likeness (QED) is 0.778. The van der Waals surface area contributed by atoms with E-state index in [-0.39, 0.29) is 11.5 Å². The van der Waals surface area contributed by atoms with Crippen LogP contribution in [0.1, 0.15) is 16.2 Å². The van der Waals surface area contributed by atoms with Crippen molar-refractivity contribution in [2.45, 2.75) is 6.18 Å². The second kappa shape index (κ2) is 4.73. The zero-order chi connectivity index (χ0) is 16.1. The van der Waals surface area contributed by atoms with E-state index >= 15 is 0 Å². The van der Waals surface area contributed by atoms with E-state index in [1.165, 1.54) is 18.4 Å². The molecule has 0 aliphatic carbocycles. The predicted octanol–water partition coefficient (Wildman–Crippen LogP) is 3.36. The van der Waals surface area contributed by atoms with Crippen molar-refractivity contribution in [3.05, 3.63) is 40.9 Å². The molecule has 3 heterocycles. The fraction of sp³-hybridized carbons (Fsp3) is 0.0833. The number of halogens is 4. The third-order valence-electron chi connectivity index (χ3n) is 2.80. The Morgan fingerprint density at radius 3 is 2.68 bits per heavy atom. The lowest BCUT2D eigenvalue weighted by Crippen LogP contribution is -2.14. The van der Waals surface area contributed by atoms with E-state index in [2.05, 4.69) is 10.1 Å². The van der Waals surface area contributed by atoms with Gasteiger partial charge in [-0.15, -0.1) is 0 Å². The molecule has 0 saturated heterocycles. The van der Waals surface area contributed by atoms with Crippen LogP contribution in [0.3, 0.4) is 0 Å². The van der Waals surface area contributed by atoms with E-state index in [0.717, 1.165) is 0 Å². The van der Waals surface area contributed by atoms with Gasteiger partial charge in [-0.25, -0.2) is 14.3 Å². The molecule has 3 aromatic heterocycles. The van der Waals surface area contributed by atoms with Crippen molar-refractivity contribution in [1.82, 2.24) is 14.6 Å². The van der Waals surface area contributed by atoms with E-state index < -0.39 is 34.2 Å². The molecule has 6 nitrogen and oxygen atoms in total. The highest BCUT2D eigenvalue weighted by atomic mass is 35.5. The van der Waals surface area contributed by atoms with Gasteiger partial charge in [-0.05, 0) is 18.2 Å². The Balaban J connectivity index is 2.39. The standard InChI is InChI=1S/C12H5ClF3N3O3/c13-8-9(11(20)21)18-19-7(12(14,15)16)4-5(17-10(8)19)6-2-1-3-22-6/h1-4H,(H,20,21). The van der Waals surface area contributed by atoms with Crippen molar-refractivity contribution in [2.24, 2.45) is 0 Å². The molecular weight excluding hydrogens is 327 g/mol. The lowest BCUT2D eigenvalue weighted by molar-refractivity contribution is -0.142. The fourth-order valence-electron chi connectivity index (χ4n) is 1.88. The molecule has 0 atom stereocenters. The first-order valence-electron chi connectivity index (χ1n) is 5.72. The number of aromatic carboxylic acids is 1. The van der Waals surface area contributed by atoms with Gasteiger partial charge in [-0.1, -0.05) is 11.6 Å². The van der Waals surface area contributed by atoms with Crippen molar-refractivity contribution >= 4 is 23.2 Å². The summed E-state index contributed by atoms with van der Waals surface area (Å²) in [5.41, 5.74) is -2.47. The summed E-state index contributed by atoms with van der Waals surface area (Å²) < 4.78 is 44.9. The number of aromatic nitrogens is 3. The van der Waals surface area contributed by atoms with Crippen molar-refractivity contribution in [3.8, 4) is 11.5 Å². The van der Waals surface area contributed by atoms with Crippen LogP contribution in [-0.4, -0.2) is 25.7 Å². The minimum Gasteiger partial charge on any atom is -0.476 e. The van der Waals surface area contributed by atoms with Gasteiger partial charge in [0.1, 0.15) is 10.7 Å². The average Bonchev–Trinajstić information content (AvgIpc) is 3.05. The van der Waals surface area contributed by atoms with Gasteiger partial charge in [-0.3, -0.25) is 0 Å². The van der Waals surface area contributed by atoms with Gasteiger partial charge in [-0.2, -0.15) is 18.3 Å². The van der Waals surface area contributed by atoms with E-state index in [1.54, 1.807) is 0 Å². The Hall–Kier alpha value is -2.55. The van der Waals surface area contributed by atoms with Crippen LogP contribution in [-0.2, 0) is 6.18 Å². The molecule has 0 unspecified atom stereocenters. The third-order valence-corrected chi connectivity index (χ3v) is 3.15. The van der Waals surface area contributed by atoms with Crippen LogP contribution in [0.15, 0.2) is 28.9 Å². The highest BCUT2D eigenvalue weighted by Gasteiger charge is 2.37. The molecule has 114 valence electrons. The Morgan fingerprint density at radius 2 is 2.14 bits per heavy atom. The summed E-state index contributed by atoms with van der Waals surface area (Å²) in [4.78, 5) is 14.9. The topological polar surface area (TPSA) is 80.6 Å². The fourth-order valence-corrected chi connectivity index (χ4v) is 2.12. The van der Waals surface area contributed by atoms with Gasteiger partial charge in [0.25, 0.3) is 0 Å². The van der Waals surface area contributed by atoms with E-state index in [4.69, 9.17) is 21.1 Å². The van der Waals surface area contributed by atoms with Crippen LogP contribution < -0.4 is 0 Å². The molecule has 22 heavy (non-hydrogen) atoms. The third kappa shape index (κ3) is 2.19. The summed E-state index contributed by atoms with van der Waals surface area (Å²) in [7, 11) is 0. The number of furan rings is 1. The number of hydrogen-bond donors (Lipinski definition) is 1. The second-order valence-electron chi connectivity index (χ2n) is 4.20.